The van der Waals surface area contributed by atoms with E-state index in [-0.39, 0.29) is 0 Å². The number of pyridine rings is 1. The van der Waals surface area contributed by atoms with E-state index in [4.69, 9.17) is 0 Å². The van der Waals surface area contributed by atoms with Crippen LogP contribution in [0.25, 0.3) is 0 Å². The summed E-state index contributed by atoms with van der Waals surface area (Å²) < 4.78 is 0. The van der Waals surface area contributed by atoms with Gasteiger partial charge in [-0.15, -0.1) is 5.73 Å². The molecule has 3 heteroatoms. The van der Waals surface area contributed by atoms with E-state index in [1.165, 1.54) is 5.56 Å². The number of hydrogen-bond donors (Lipinski definition) is 1. The van der Waals surface area contributed by atoms with Gasteiger partial charge in [0, 0.05) is 25.3 Å². The second-order valence-electron chi connectivity index (χ2n) is 6.22. The molecular formula is C16H23N3. The molecule has 0 bridgehead atoms. The maximum Gasteiger partial charge on any atom is 0.0719 e. The topological polar surface area (TPSA) is 28.2 Å². The maximum atomic E-state index is 4.36. The highest BCUT2D eigenvalue weighted by molar-refractivity contribution is 5.49. The van der Waals surface area contributed by atoms with Crippen LogP contribution in [0, 0.1) is 19.3 Å². The summed E-state index contributed by atoms with van der Waals surface area (Å²) in [6.45, 7) is 15.6. The number of aryl methyl sites for hydroxylation is 2. The van der Waals surface area contributed by atoms with Gasteiger partial charge in [0.2, 0.25) is 0 Å². The lowest BCUT2D eigenvalue weighted by atomic mass is 9.84. The lowest BCUT2D eigenvalue weighted by Gasteiger charge is -2.46. The van der Waals surface area contributed by atoms with Gasteiger partial charge in [-0.3, -0.25) is 9.88 Å². The molecule has 1 aliphatic heterocycles. The Morgan fingerprint density at radius 1 is 1.47 bits per heavy atom. The SMILES string of the molecule is C=C=C(CN1CC(C)(C)C1)Nc1cnc(C)c(C)c1. The standard InChI is InChI=1S/C16H23N3/c1-6-14(9-19-10-16(4,5)11-19)18-15-7-12(2)13(3)17-8-15/h7-8,18H,1,9-11H2,2-5H3. The van der Waals surface area contributed by atoms with Crippen LogP contribution in [0.1, 0.15) is 25.1 Å². The summed E-state index contributed by atoms with van der Waals surface area (Å²) in [7, 11) is 0. The van der Waals surface area contributed by atoms with Gasteiger partial charge in [-0.05, 0) is 30.9 Å². The first-order chi connectivity index (χ1) is 8.89. The molecule has 102 valence electrons. The number of aromatic nitrogens is 1. The molecule has 3 nitrogen and oxygen atoms in total. The zero-order chi connectivity index (χ0) is 14.0. The summed E-state index contributed by atoms with van der Waals surface area (Å²) in [6, 6.07) is 2.11. The summed E-state index contributed by atoms with van der Waals surface area (Å²) >= 11 is 0. The van der Waals surface area contributed by atoms with Crippen LogP contribution >= 0.6 is 0 Å². The van der Waals surface area contributed by atoms with Gasteiger partial charge in [0.1, 0.15) is 0 Å². The van der Waals surface area contributed by atoms with Crippen molar-refractivity contribution < 1.29 is 0 Å². The lowest BCUT2D eigenvalue weighted by molar-refractivity contribution is 0.0403. The van der Waals surface area contributed by atoms with Crippen LogP contribution in [0.4, 0.5) is 5.69 Å². The molecule has 2 heterocycles. The van der Waals surface area contributed by atoms with Gasteiger partial charge in [0.05, 0.1) is 17.6 Å². The van der Waals surface area contributed by atoms with E-state index in [0.717, 1.165) is 36.7 Å². The van der Waals surface area contributed by atoms with E-state index in [9.17, 15) is 0 Å². The molecule has 19 heavy (non-hydrogen) atoms. The smallest absolute Gasteiger partial charge is 0.0719 e. The number of hydrogen-bond acceptors (Lipinski definition) is 3. The average Bonchev–Trinajstić information content (AvgIpc) is 2.30. The number of rotatable bonds is 4. The molecule has 0 amide bonds. The Morgan fingerprint density at radius 3 is 2.68 bits per heavy atom. The third-order valence-electron chi connectivity index (χ3n) is 3.53. The largest absolute Gasteiger partial charge is 0.350 e. The number of anilines is 1. The van der Waals surface area contributed by atoms with Gasteiger partial charge in [-0.2, -0.15) is 0 Å². The fourth-order valence-electron chi connectivity index (χ4n) is 2.53. The molecule has 0 aliphatic carbocycles. The number of nitrogens with zero attached hydrogens (tertiary/aromatic N) is 2. The lowest BCUT2D eigenvalue weighted by Crippen LogP contribution is -2.53. The van der Waals surface area contributed by atoms with Crippen LogP contribution in [-0.4, -0.2) is 29.5 Å². The molecule has 1 fully saturated rings. The maximum absolute atomic E-state index is 4.36. The van der Waals surface area contributed by atoms with Crippen molar-refractivity contribution in [2.75, 3.05) is 25.0 Å². The second-order valence-corrected chi connectivity index (χ2v) is 6.22. The first-order valence-electron chi connectivity index (χ1n) is 6.71. The van der Waals surface area contributed by atoms with Gasteiger partial charge in [-0.25, -0.2) is 0 Å². The minimum absolute atomic E-state index is 0.453. The Hall–Kier alpha value is -1.57. The average molecular weight is 257 g/mol. The Labute approximate surface area is 116 Å². The summed E-state index contributed by atoms with van der Waals surface area (Å²) in [5.74, 6) is 0. The highest BCUT2D eigenvalue weighted by atomic mass is 15.2. The molecule has 2 rings (SSSR count). The Balaban J connectivity index is 1.96. The fourth-order valence-corrected chi connectivity index (χ4v) is 2.53. The van der Waals surface area contributed by atoms with Crippen LogP contribution in [0.15, 0.2) is 30.3 Å². The van der Waals surface area contributed by atoms with Crippen molar-refractivity contribution >= 4 is 5.69 Å². The molecule has 0 saturated carbocycles. The Morgan fingerprint density at radius 2 is 2.16 bits per heavy atom. The summed E-state index contributed by atoms with van der Waals surface area (Å²) in [5, 5.41) is 3.36. The predicted octanol–water partition coefficient (Wildman–Crippen LogP) is 3.12. The minimum Gasteiger partial charge on any atom is -0.350 e. The molecule has 0 unspecified atom stereocenters. The molecule has 0 radical (unpaired) electrons. The van der Waals surface area contributed by atoms with Crippen LogP contribution in [0.3, 0.4) is 0 Å². The van der Waals surface area contributed by atoms with Crippen LogP contribution in [0.2, 0.25) is 0 Å². The van der Waals surface area contributed by atoms with E-state index >= 15 is 0 Å². The Bertz CT molecular complexity index is 517. The molecule has 1 aromatic heterocycles. The van der Waals surface area contributed by atoms with Crippen LogP contribution in [0.5, 0.6) is 0 Å². The zero-order valence-corrected chi connectivity index (χ0v) is 12.4. The van der Waals surface area contributed by atoms with Crippen molar-refractivity contribution in [2.45, 2.75) is 27.7 Å². The number of nitrogens with one attached hydrogen (secondary N) is 1. The quantitative estimate of drug-likeness (QED) is 0.840. The monoisotopic (exact) mass is 257 g/mol. The zero-order valence-electron chi connectivity index (χ0n) is 12.4. The summed E-state index contributed by atoms with van der Waals surface area (Å²) in [4.78, 5) is 6.76. The van der Waals surface area contributed by atoms with Gasteiger partial charge in [0.25, 0.3) is 0 Å². The highest BCUT2D eigenvalue weighted by Gasteiger charge is 2.34. The predicted molar refractivity (Wildman–Crippen MR) is 80.2 cm³/mol. The van der Waals surface area contributed by atoms with Crippen LogP contribution < -0.4 is 5.32 Å². The molecule has 0 atom stereocenters. The fraction of sp³-hybridized carbons (Fsp3) is 0.500. The van der Waals surface area contributed by atoms with E-state index in [2.05, 4.69) is 54.3 Å². The van der Waals surface area contributed by atoms with Crippen molar-refractivity contribution in [2.24, 2.45) is 5.41 Å². The molecule has 1 saturated heterocycles. The van der Waals surface area contributed by atoms with Crippen molar-refractivity contribution in [3.63, 3.8) is 0 Å². The van der Waals surface area contributed by atoms with Crippen LogP contribution in [-0.2, 0) is 0 Å². The number of likely N-dealkylation sites (tertiary alicyclic amines) is 1. The Kier molecular flexibility index (Phi) is 3.79. The van der Waals surface area contributed by atoms with Crippen molar-refractivity contribution in [1.82, 2.24) is 9.88 Å². The van der Waals surface area contributed by atoms with Gasteiger partial charge in [-0.1, -0.05) is 20.4 Å². The van der Waals surface area contributed by atoms with Crippen molar-refractivity contribution in [3.8, 4) is 0 Å². The van der Waals surface area contributed by atoms with Gasteiger partial charge < -0.3 is 5.32 Å². The van der Waals surface area contributed by atoms with E-state index in [0.29, 0.717) is 5.41 Å². The highest BCUT2D eigenvalue weighted by Crippen LogP contribution is 2.29. The molecule has 0 aromatic carbocycles. The molecular weight excluding hydrogens is 234 g/mol. The summed E-state index contributed by atoms with van der Waals surface area (Å²) in [6.07, 6.45) is 1.86. The first kappa shape index (κ1) is 13.9. The van der Waals surface area contributed by atoms with E-state index in [1.54, 1.807) is 0 Å². The van der Waals surface area contributed by atoms with Crippen molar-refractivity contribution in [1.29, 1.82) is 0 Å². The minimum atomic E-state index is 0.453. The van der Waals surface area contributed by atoms with Gasteiger partial charge >= 0.3 is 0 Å². The molecule has 0 spiro atoms. The van der Waals surface area contributed by atoms with E-state index < -0.39 is 0 Å². The van der Waals surface area contributed by atoms with Crippen molar-refractivity contribution in [3.05, 3.63) is 41.5 Å². The van der Waals surface area contributed by atoms with Gasteiger partial charge in [0.15, 0.2) is 0 Å². The molecule has 1 aliphatic rings. The second kappa shape index (κ2) is 5.20. The summed E-state index contributed by atoms with van der Waals surface area (Å²) in [5.41, 5.74) is 7.73. The third-order valence-corrected chi connectivity index (χ3v) is 3.53. The molecule has 1 N–H and O–H groups in total. The third kappa shape index (κ3) is 3.46. The molecule has 1 aromatic rings. The normalized spacial score (nSPS) is 17.5. The van der Waals surface area contributed by atoms with E-state index in [1.807, 2.05) is 13.1 Å². The first-order valence-corrected chi connectivity index (χ1v) is 6.71.